The Morgan fingerprint density at radius 1 is 1.25 bits per heavy atom. The molecule has 0 fully saturated rings. The normalized spacial score (nSPS) is 10.8. The number of benzene rings is 1. The first-order chi connectivity index (χ1) is 9.42. The molecule has 0 aliphatic carbocycles. The van der Waals surface area contributed by atoms with Crippen LogP contribution in [0, 0.1) is 11.3 Å². The summed E-state index contributed by atoms with van der Waals surface area (Å²) in [5, 5.41) is 8.73. The smallest absolute Gasteiger partial charge is 0.313 e. The van der Waals surface area contributed by atoms with Crippen molar-refractivity contribution in [3.8, 4) is 6.07 Å². The maximum Gasteiger partial charge on any atom is 0.325 e. The van der Waals surface area contributed by atoms with Crippen molar-refractivity contribution in [2.75, 3.05) is 4.72 Å². The van der Waals surface area contributed by atoms with Crippen molar-refractivity contribution in [2.45, 2.75) is 4.90 Å². The molecule has 0 bridgehead atoms. The van der Waals surface area contributed by atoms with E-state index >= 15 is 0 Å². The molecule has 0 unspecified atom stereocenters. The zero-order valence-corrected chi connectivity index (χ0v) is 10.7. The average molecular weight is 292 g/mol. The Morgan fingerprint density at radius 2 is 2.00 bits per heavy atom. The van der Waals surface area contributed by atoms with Crippen LogP contribution in [0.15, 0.2) is 44.9 Å². The third kappa shape index (κ3) is 2.76. The van der Waals surface area contributed by atoms with Crippen LogP contribution in [0.2, 0.25) is 0 Å². The van der Waals surface area contributed by atoms with E-state index in [0.717, 1.165) is 6.20 Å². The maximum atomic E-state index is 12.0. The van der Waals surface area contributed by atoms with E-state index in [2.05, 4.69) is 9.71 Å². The summed E-state index contributed by atoms with van der Waals surface area (Å²) in [6, 6.07) is 7.61. The molecule has 3 N–H and O–H groups in total. The van der Waals surface area contributed by atoms with Crippen LogP contribution in [0.3, 0.4) is 0 Å². The van der Waals surface area contributed by atoms with Gasteiger partial charge in [0.25, 0.3) is 15.6 Å². The predicted molar refractivity (Wildman–Crippen MR) is 69.6 cm³/mol. The van der Waals surface area contributed by atoms with Crippen molar-refractivity contribution in [3.05, 3.63) is 56.9 Å². The Balaban J connectivity index is 2.43. The summed E-state index contributed by atoms with van der Waals surface area (Å²) in [5.74, 6) is 0. The number of nitrogens with one attached hydrogen (secondary N) is 3. The summed E-state index contributed by atoms with van der Waals surface area (Å²) in [6.07, 6.45) is 0.803. The zero-order chi connectivity index (χ0) is 14.8. The topological polar surface area (TPSA) is 136 Å². The zero-order valence-electron chi connectivity index (χ0n) is 9.88. The molecule has 0 aliphatic rings. The van der Waals surface area contributed by atoms with E-state index in [0.29, 0.717) is 0 Å². The largest absolute Gasteiger partial charge is 0.325 e. The summed E-state index contributed by atoms with van der Waals surface area (Å²) in [6.45, 7) is 0. The van der Waals surface area contributed by atoms with Gasteiger partial charge in [-0.1, -0.05) is 6.07 Å². The van der Waals surface area contributed by atoms with Gasteiger partial charge in [-0.3, -0.25) is 14.5 Å². The van der Waals surface area contributed by atoms with Crippen LogP contribution in [-0.2, 0) is 10.0 Å². The number of rotatable bonds is 3. The van der Waals surface area contributed by atoms with Crippen LogP contribution in [-0.4, -0.2) is 18.4 Å². The van der Waals surface area contributed by atoms with E-state index in [1.54, 1.807) is 0 Å². The molecule has 0 saturated carbocycles. The highest BCUT2D eigenvalue weighted by Crippen LogP contribution is 2.14. The standard InChI is InChI=1S/C11H8N4O4S/c12-5-7-2-1-3-8(4-7)15-20(18,19)9-6-13-11(17)14-10(9)16/h1-4,6,15H,(H2,13,14,16,17). The molecule has 0 radical (unpaired) electrons. The van der Waals surface area contributed by atoms with E-state index in [1.807, 2.05) is 11.1 Å². The summed E-state index contributed by atoms with van der Waals surface area (Å²) < 4.78 is 26.1. The molecule has 1 aromatic heterocycles. The van der Waals surface area contributed by atoms with Gasteiger partial charge >= 0.3 is 5.69 Å². The predicted octanol–water partition coefficient (Wildman–Crippen LogP) is -0.264. The molecule has 0 atom stereocenters. The Hall–Kier alpha value is -2.86. The molecule has 9 heteroatoms. The molecule has 0 spiro atoms. The summed E-state index contributed by atoms with van der Waals surface area (Å²) >= 11 is 0. The number of hydrogen-bond donors (Lipinski definition) is 3. The number of aromatic nitrogens is 2. The number of H-pyrrole nitrogens is 2. The minimum Gasteiger partial charge on any atom is -0.313 e. The second-order valence-corrected chi connectivity index (χ2v) is 5.39. The van der Waals surface area contributed by atoms with E-state index < -0.39 is 26.2 Å². The first kappa shape index (κ1) is 13.6. The fourth-order valence-corrected chi connectivity index (χ4v) is 2.52. The average Bonchev–Trinajstić information content (AvgIpc) is 2.37. The lowest BCUT2D eigenvalue weighted by atomic mass is 10.2. The Morgan fingerprint density at radius 3 is 2.65 bits per heavy atom. The van der Waals surface area contributed by atoms with Crippen LogP contribution < -0.4 is 16.0 Å². The van der Waals surface area contributed by atoms with Crippen molar-refractivity contribution in [1.82, 2.24) is 9.97 Å². The third-order valence-corrected chi connectivity index (χ3v) is 3.71. The fourth-order valence-electron chi connectivity index (χ4n) is 1.46. The van der Waals surface area contributed by atoms with Gasteiger partial charge in [-0.2, -0.15) is 5.26 Å². The van der Waals surface area contributed by atoms with Crippen LogP contribution in [0.1, 0.15) is 5.56 Å². The van der Waals surface area contributed by atoms with Crippen molar-refractivity contribution < 1.29 is 8.42 Å². The molecule has 20 heavy (non-hydrogen) atoms. The Kier molecular flexibility index (Phi) is 3.41. The summed E-state index contributed by atoms with van der Waals surface area (Å²) in [4.78, 5) is 25.6. The highest BCUT2D eigenvalue weighted by atomic mass is 32.2. The van der Waals surface area contributed by atoms with E-state index in [-0.39, 0.29) is 11.3 Å². The van der Waals surface area contributed by atoms with Gasteiger partial charge < -0.3 is 4.98 Å². The molecular formula is C11H8N4O4S. The SMILES string of the molecule is N#Cc1cccc(NS(=O)(=O)c2c[nH]c(=O)[nH]c2=O)c1. The second-order valence-electron chi connectivity index (χ2n) is 3.73. The van der Waals surface area contributed by atoms with E-state index in [9.17, 15) is 18.0 Å². The minimum absolute atomic E-state index is 0.134. The Labute approximate surface area is 112 Å². The molecule has 102 valence electrons. The van der Waals surface area contributed by atoms with Crippen LogP contribution >= 0.6 is 0 Å². The van der Waals surface area contributed by atoms with Gasteiger partial charge in [-0.05, 0) is 18.2 Å². The first-order valence-corrected chi connectivity index (χ1v) is 6.76. The third-order valence-electron chi connectivity index (χ3n) is 2.32. The van der Waals surface area contributed by atoms with Crippen molar-refractivity contribution >= 4 is 15.7 Å². The highest BCUT2D eigenvalue weighted by molar-refractivity contribution is 7.92. The fraction of sp³-hybridized carbons (Fsp3) is 0. The lowest BCUT2D eigenvalue weighted by molar-refractivity contribution is 0.599. The van der Waals surface area contributed by atoms with Crippen LogP contribution in [0.5, 0.6) is 0 Å². The molecule has 1 heterocycles. The molecule has 2 aromatic rings. The second kappa shape index (κ2) is 5.02. The molecule has 8 nitrogen and oxygen atoms in total. The van der Waals surface area contributed by atoms with Crippen molar-refractivity contribution in [2.24, 2.45) is 0 Å². The van der Waals surface area contributed by atoms with Gasteiger partial charge in [0.15, 0.2) is 4.90 Å². The van der Waals surface area contributed by atoms with Gasteiger partial charge in [0, 0.05) is 6.20 Å². The first-order valence-electron chi connectivity index (χ1n) is 5.27. The quantitative estimate of drug-likeness (QED) is 0.715. The lowest BCUT2D eigenvalue weighted by Gasteiger charge is -2.06. The number of sulfonamides is 1. The van der Waals surface area contributed by atoms with Crippen molar-refractivity contribution in [1.29, 1.82) is 5.26 Å². The van der Waals surface area contributed by atoms with Gasteiger partial charge in [-0.15, -0.1) is 0 Å². The molecule has 1 aromatic carbocycles. The van der Waals surface area contributed by atoms with Gasteiger partial charge in [0.05, 0.1) is 17.3 Å². The number of nitrogens with zero attached hydrogens (tertiary/aromatic N) is 1. The van der Waals surface area contributed by atoms with E-state index in [4.69, 9.17) is 5.26 Å². The maximum absolute atomic E-state index is 12.0. The Bertz CT molecular complexity index is 905. The van der Waals surface area contributed by atoms with Gasteiger partial charge in [0.1, 0.15) is 0 Å². The van der Waals surface area contributed by atoms with Gasteiger partial charge in [0.2, 0.25) is 0 Å². The molecule has 0 saturated heterocycles. The number of nitriles is 1. The van der Waals surface area contributed by atoms with Crippen molar-refractivity contribution in [3.63, 3.8) is 0 Å². The van der Waals surface area contributed by atoms with E-state index in [1.165, 1.54) is 24.3 Å². The van der Waals surface area contributed by atoms with Crippen LogP contribution in [0.25, 0.3) is 0 Å². The number of aromatic amines is 2. The summed E-state index contributed by atoms with van der Waals surface area (Å²) in [7, 11) is -4.16. The van der Waals surface area contributed by atoms with Crippen LogP contribution in [0.4, 0.5) is 5.69 Å². The molecule has 0 aliphatic heterocycles. The highest BCUT2D eigenvalue weighted by Gasteiger charge is 2.18. The number of anilines is 1. The lowest BCUT2D eigenvalue weighted by Crippen LogP contribution is -2.29. The van der Waals surface area contributed by atoms with Gasteiger partial charge in [-0.25, -0.2) is 13.2 Å². The monoisotopic (exact) mass is 292 g/mol. The molecule has 2 rings (SSSR count). The minimum atomic E-state index is -4.16. The molecular weight excluding hydrogens is 284 g/mol. The summed E-state index contributed by atoms with van der Waals surface area (Å²) in [5.41, 5.74) is -1.44. The molecule has 0 amide bonds. The number of hydrogen-bond acceptors (Lipinski definition) is 5.